The van der Waals surface area contributed by atoms with Crippen molar-refractivity contribution in [2.24, 2.45) is 0 Å². The lowest BCUT2D eigenvalue weighted by molar-refractivity contribution is -0.384. The molecule has 1 N–H and O–H groups in total. The molecule has 1 aromatic rings. The molecule has 0 radical (unpaired) electrons. The van der Waals surface area contributed by atoms with Crippen molar-refractivity contribution in [3.05, 3.63) is 31.9 Å². The Kier molecular flexibility index (Phi) is 5.83. The standard InChI is InChI=1S/C10H13IN2O3S/c1-2-17(16)6-5-12-10-4-3-8(13(14)15)7-9(10)11/h3-4,7,12H,2,5-6H2,1H3. The molecule has 94 valence electrons. The van der Waals surface area contributed by atoms with Gasteiger partial charge in [0.05, 0.1) is 4.92 Å². The van der Waals surface area contributed by atoms with E-state index in [0.29, 0.717) is 18.1 Å². The van der Waals surface area contributed by atoms with Crippen LogP contribution >= 0.6 is 22.6 Å². The maximum atomic E-state index is 11.2. The fourth-order valence-electron chi connectivity index (χ4n) is 1.20. The number of hydrogen-bond donors (Lipinski definition) is 1. The van der Waals surface area contributed by atoms with E-state index in [0.717, 1.165) is 9.26 Å². The van der Waals surface area contributed by atoms with Gasteiger partial charge in [0, 0.05) is 50.2 Å². The Morgan fingerprint density at radius 1 is 1.53 bits per heavy atom. The molecule has 0 fully saturated rings. The number of rotatable bonds is 6. The lowest BCUT2D eigenvalue weighted by atomic mass is 10.3. The Morgan fingerprint density at radius 3 is 2.76 bits per heavy atom. The van der Waals surface area contributed by atoms with Gasteiger partial charge in [-0.05, 0) is 28.7 Å². The van der Waals surface area contributed by atoms with Crippen LogP contribution in [0.3, 0.4) is 0 Å². The van der Waals surface area contributed by atoms with E-state index in [9.17, 15) is 14.3 Å². The van der Waals surface area contributed by atoms with Crippen molar-refractivity contribution in [1.82, 2.24) is 0 Å². The Labute approximate surface area is 116 Å². The smallest absolute Gasteiger partial charge is 0.270 e. The van der Waals surface area contributed by atoms with Crippen molar-refractivity contribution in [2.75, 3.05) is 23.4 Å². The van der Waals surface area contributed by atoms with E-state index in [1.165, 1.54) is 12.1 Å². The van der Waals surface area contributed by atoms with Gasteiger partial charge in [-0.2, -0.15) is 0 Å². The SMILES string of the molecule is CCS(=O)CCNc1ccc([N+](=O)[O-])cc1I. The zero-order valence-electron chi connectivity index (χ0n) is 9.31. The molecule has 1 rings (SSSR count). The van der Waals surface area contributed by atoms with Crippen molar-refractivity contribution < 1.29 is 9.13 Å². The van der Waals surface area contributed by atoms with Crippen LogP contribution in [0.1, 0.15) is 6.92 Å². The minimum absolute atomic E-state index is 0.0806. The number of anilines is 1. The Balaban J connectivity index is 2.60. The zero-order valence-corrected chi connectivity index (χ0v) is 12.3. The summed E-state index contributed by atoms with van der Waals surface area (Å²) in [4.78, 5) is 10.1. The van der Waals surface area contributed by atoms with Crippen LogP contribution in [0.15, 0.2) is 18.2 Å². The lowest BCUT2D eigenvalue weighted by Gasteiger charge is -2.07. The second-order valence-electron chi connectivity index (χ2n) is 3.28. The van der Waals surface area contributed by atoms with E-state index in [4.69, 9.17) is 0 Å². The number of hydrogen-bond acceptors (Lipinski definition) is 4. The Morgan fingerprint density at radius 2 is 2.24 bits per heavy atom. The molecule has 0 bridgehead atoms. The van der Waals surface area contributed by atoms with Crippen molar-refractivity contribution in [3.63, 3.8) is 0 Å². The molecule has 17 heavy (non-hydrogen) atoms. The maximum absolute atomic E-state index is 11.2. The molecule has 7 heteroatoms. The van der Waals surface area contributed by atoms with Gasteiger partial charge in [0.1, 0.15) is 0 Å². The molecule has 0 saturated carbocycles. The molecule has 0 aliphatic heterocycles. The molecule has 0 aliphatic rings. The van der Waals surface area contributed by atoms with Crippen molar-refractivity contribution in [1.29, 1.82) is 0 Å². The fraction of sp³-hybridized carbons (Fsp3) is 0.400. The summed E-state index contributed by atoms with van der Waals surface area (Å²) in [5.41, 5.74) is 0.918. The van der Waals surface area contributed by atoms with Crippen LogP contribution in [-0.4, -0.2) is 27.2 Å². The lowest BCUT2D eigenvalue weighted by Crippen LogP contribution is -2.12. The van der Waals surface area contributed by atoms with Crippen molar-refractivity contribution in [3.8, 4) is 0 Å². The molecule has 0 heterocycles. The van der Waals surface area contributed by atoms with E-state index in [2.05, 4.69) is 5.32 Å². The number of halogens is 1. The number of nitro groups is 1. The summed E-state index contributed by atoms with van der Waals surface area (Å²) in [6, 6.07) is 4.65. The third-order valence-corrected chi connectivity index (χ3v) is 4.33. The van der Waals surface area contributed by atoms with E-state index in [1.54, 1.807) is 6.07 Å². The summed E-state index contributed by atoms with van der Waals surface area (Å²) >= 11 is 2.04. The number of nitrogens with zero attached hydrogens (tertiary/aromatic N) is 1. The normalized spacial score (nSPS) is 12.1. The van der Waals surface area contributed by atoms with E-state index in [-0.39, 0.29) is 5.69 Å². The van der Waals surface area contributed by atoms with Crippen LogP contribution in [0.4, 0.5) is 11.4 Å². The Bertz CT molecular complexity index is 440. The average molecular weight is 368 g/mol. The predicted molar refractivity (Wildman–Crippen MR) is 77.9 cm³/mol. The molecule has 0 aliphatic carbocycles. The quantitative estimate of drug-likeness (QED) is 0.476. The molecule has 1 aromatic carbocycles. The molecule has 0 saturated heterocycles. The van der Waals surface area contributed by atoms with Crippen LogP contribution < -0.4 is 5.32 Å². The van der Waals surface area contributed by atoms with Gasteiger partial charge in [-0.1, -0.05) is 6.92 Å². The van der Waals surface area contributed by atoms with Crippen LogP contribution in [0.25, 0.3) is 0 Å². The second-order valence-corrected chi connectivity index (χ2v) is 6.31. The summed E-state index contributed by atoms with van der Waals surface area (Å²) < 4.78 is 12.0. The first-order chi connectivity index (χ1) is 8.04. The molecule has 0 spiro atoms. The highest BCUT2D eigenvalue weighted by molar-refractivity contribution is 14.1. The molecular weight excluding hydrogens is 355 g/mol. The van der Waals surface area contributed by atoms with E-state index in [1.807, 2.05) is 29.5 Å². The molecule has 1 atom stereocenters. The number of non-ortho nitro benzene ring substituents is 1. The molecule has 0 aromatic heterocycles. The fourth-order valence-corrected chi connectivity index (χ4v) is 2.51. The minimum Gasteiger partial charge on any atom is -0.383 e. The van der Waals surface area contributed by atoms with Gasteiger partial charge in [-0.15, -0.1) is 0 Å². The highest BCUT2D eigenvalue weighted by Gasteiger charge is 2.08. The predicted octanol–water partition coefficient (Wildman–Crippen LogP) is 2.38. The highest BCUT2D eigenvalue weighted by Crippen LogP contribution is 2.23. The van der Waals surface area contributed by atoms with E-state index >= 15 is 0 Å². The van der Waals surface area contributed by atoms with Crippen LogP contribution in [0.2, 0.25) is 0 Å². The zero-order chi connectivity index (χ0) is 12.8. The number of nitro benzene ring substituents is 1. The third kappa shape index (κ3) is 4.58. The van der Waals surface area contributed by atoms with Gasteiger partial charge in [0.25, 0.3) is 5.69 Å². The van der Waals surface area contributed by atoms with Crippen molar-refractivity contribution in [2.45, 2.75) is 6.92 Å². The number of benzene rings is 1. The largest absolute Gasteiger partial charge is 0.383 e. The van der Waals surface area contributed by atoms with Gasteiger partial charge in [0.2, 0.25) is 0 Å². The number of nitrogens with one attached hydrogen (secondary N) is 1. The molecule has 1 unspecified atom stereocenters. The highest BCUT2D eigenvalue weighted by atomic mass is 127. The van der Waals surface area contributed by atoms with Crippen LogP contribution in [0.5, 0.6) is 0 Å². The molecule has 5 nitrogen and oxygen atoms in total. The van der Waals surface area contributed by atoms with Gasteiger partial charge >= 0.3 is 0 Å². The summed E-state index contributed by atoms with van der Waals surface area (Å²) in [6.07, 6.45) is 0. The summed E-state index contributed by atoms with van der Waals surface area (Å²) in [5.74, 6) is 1.24. The summed E-state index contributed by atoms with van der Waals surface area (Å²) in [7, 11) is -0.792. The maximum Gasteiger partial charge on any atom is 0.270 e. The van der Waals surface area contributed by atoms with Gasteiger partial charge in [0.15, 0.2) is 0 Å². The molecular formula is C10H13IN2O3S. The first kappa shape index (κ1) is 14.4. The second kappa shape index (κ2) is 6.90. The first-order valence-electron chi connectivity index (χ1n) is 5.07. The van der Waals surface area contributed by atoms with Crippen LogP contribution in [0, 0.1) is 13.7 Å². The van der Waals surface area contributed by atoms with Crippen LogP contribution in [-0.2, 0) is 10.8 Å². The van der Waals surface area contributed by atoms with Gasteiger partial charge < -0.3 is 5.32 Å². The molecule has 0 amide bonds. The van der Waals surface area contributed by atoms with Gasteiger partial charge in [-0.25, -0.2) is 0 Å². The average Bonchev–Trinajstić information content (AvgIpc) is 2.30. The summed E-state index contributed by atoms with van der Waals surface area (Å²) in [5, 5.41) is 13.7. The van der Waals surface area contributed by atoms with E-state index < -0.39 is 15.7 Å². The third-order valence-electron chi connectivity index (χ3n) is 2.13. The minimum atomic E-state index is -0.792. The monoisotopic (exact) mass is 368 g/mol. The first-order valence-corrected chi connectivity index (χ1v) is 7.64. The summed E-state index contributed by atoms with van der Waals surface area (Å²) in [6.45, 7) is 2.49. The van der Waals surface area contributed by atoms with Crippen molar-refractivity contribution >= 4 is 44.8 Å². The van der Waals surface area contributed by atoms with Gasteiger partial charge in [-0.3, -0.25) is 14.3 Å². The Hall–Kier alpha value is -0.700. The topological polar surface area (TPSA) is 72.2 Å².